The average molecular weight is 421 g/mol. The Hall–Kier alpha value is -3.63. The molecule has 0 spiro atoms. The molecule has 8 nitrogen and oxygen atoms in total. The maximum atomic E-state index is 5.62. The number of nitrogens with two attached hydrogens (primary N) is 2. The highest BCUT2D eigenvalue weighted by molar-refractivity contribution is 7.80. The topological polar surface area (TPSA) is 120 Å². The minimum Gasteiger partial charge on any atom is -0.376 e. The third kappa shape index (κ3) is 4.13. The summed E-state index contributed by atoms with van der Waals surface area (Å²) in [7, 11) is 0. The van der Waals surface area contributed by atoms with Crippen LogP contribution in [-0.4, -0.2) is 30.0 Å². The van der Waals surface area contributed by atoms with Crippen molar-refractivity contribution in [2.75, 3.05) is 10.6 Å². The first-order chi connectivity index (χ1) is 14.0. The maximum absolute atomic E-state index is 5.62. The van der Waals surface area contributed by atoms with Crippen LogP contribution >= 0.6 is 24.4 Å². The molecule has 4 rings (SSSR count). The number of rotatable bonds is 4. The van der Waals surface area contributed by atoms with Crippen LogP contribution in [0.1, 0.15) is 0 Å². The molecule has 2 aromatic heterocycles. The second-order valence-electron chi connectivity index (χ2n) is 6.11. The van der Waals surface area contributed by atoms with E-state index in [0.29, 0.717) is 11.5 Å². The second kappa shape index (κ2) is 7.78. The van der Waals surface area contributed by atoms with Crippen molar-refractivity contribution in [3.63, 3.8) is 0 Å². The average Bonchev–Trinajstić information content (AvgIpc) is 3.18. The molecule has 2 aromatic carbocycles. The van der Waals surface area contributed by atoms with Gasteiger partial charge in [-0.3, -0.25) is 0 Å². The zero-order chi connectivity index (χ0) is 20.4. The normalized spacial score (nSPS) is 10.6. The highest BCUT2D eigenvalue weighted by Crippen LogP contribution is 2.25. The van der Waals surface area contributed by atoms with Crippen LogP contribution in [0.2, 0.25) is 0 Å². The summed E-state index contributed by atoms with van der Waals surface area (Å²) in [6.45, 7) is 0. The molecule has 6 N–H and O–H groups in total. The van der Waals surface area contributed by atoms with Gasteiger partial charge in [0.05, 0.1) is 16.9 Å². The van der Waals surface area contributed by atoms with Crippen molar-refractivity contribution in [3.05, 3.63) is 60.9 Å². The Morgan fingerprint density at radius 1 is 0.897 bits per heavy atom. The predicted molar refractivity (Wildman–Crippen MR) is 123 cm³/mol. The smallest absolute Gasteiger partial charge is 0.200 e. The van der Waals surface area contributed by atoms with E-state index < -0.39 is 0 Å². The molecule has 0 aliphatic heterocycles. The van der Waals surface area contributed by atoms with Gasteiger partial charge in [0.25, 0.3) is 0 Å². The largest absolute Gasteiger partial charge is 0.376 e. The Morgan fingerprint density at radius 3 is 2.38 bits per heavy atom. The number of para-hydroxylation sites is 1. The predicted octanol–water partition coefficient (Wildman–Crippen LogP) is 2.79. The number of fused-ring (bicyclic) bond motifs is 1. The number of hydrogen-bond donors (Lipinski definition) is 4. The second-order valence-corrected chi connectivity index (χ2v) is 6.99. The summed E-state index contributed by atoms with van der Waals surface area (Å²) in [6.07, 6.45) is 1.64. The van der Waals surface area contributed by atoms with Gasteiger partial charge in [0.1, 0.15) is 12.0 Å². The number of benzene rings is 2. The van der Waals surface area contributed by atoms with E-state index >= 15 is 0 Å². The molecule has 0 aliphatic carbocycles. The van der Waals surface area contributed by atoms with Gasteiger partial charge in [0.15, 0.2) is 16.0 Å². The van der Waals surface area contributed by atoms with E-state index in [9.17, 15) is 0 Å². The Kier molecular flexibility index (Phi) is 5.02. The van der Waals surface area contributed by atoms with Crippen LogP contribution < -0.4 is 22.1 Å². The van der Waals surface area contributed by atoms with E-state index in [4.69, 9.17) is 40.9 Å². The lowest BCUT2D eigenvalue weighted by atomic mass is 10.1. The van der Waals surface area contributed by atoms with E-state index in [1.807, 2.05) is 54.6 Å². The van der Waals surface area contributed by atoms with Crippen molar-refractivity contribution in [1.29, 1.82) is 0 Å². The number of pyridine rings is 1. The Balaban J connectivity index is 1.66. The molecule has 4 aromatic rings. The molecule has 0 bridgehead atoms. The van der Waals surface area contributed by atoms with Gasteiger partial charge in [-0.1, -0.05) is 18.2 Å². The third-order valence-corrected chi connectivity index (χ3v) is 4.30. The number of nitrogens with zero attached hydrogens (tertiary/aromatic N) is 4. The van der Waals surface area contributed by atoms with Crippen molar-refractivity contribution >= 4 is 56.9 Å². The fraction of sp³-hybridized carbons (Fsp3) is 0. The van der Waals surface area contributed by atoms with Crippen molar-refractivity contribution in [1.82, 2.24) is 19.7 Å². The lowest BCUT2D eigenvalue weighted by molar-refractivity contribution is 0.881. The van der Waals surface area contributed by atoms with Crippen LogP contribution in [0.15, 0.2) is 60.9 Å². The van der Waals surface area contributed by atoms with Gasteiger partial charge in [0.2, 0.25) is 0 Å². The number of nitrogens with one attached hydrogen (secondary N) is 2. The first kappa shape index (κ1) is 18.7. The van der Waals surface area contributed by atoms with E-state index in [1.165, 1.54) is 0 Å². The number of hydrogen-bond acceptors (Lipinski definition) is 5. The van der Waals surface area contributed by atoms with Crippen molar-refractivity contribution in [3.8, 4) is 17.2 Å². The minimum atomic E-state index is 0.181. The summed E-state index contributed by atoms with van der Waals surface area (Å²) in [5.74, 6) is 0.502. The molecule has 0 radical (unpaired) electrons. The summed E-state index contributed by atoms with van der Waals surface area (Å²) in [6, 6.07) is 17.1. The minimum absolute atomic E-state index is 0.181. The van der Waals surface area contributed by atoms with Gasteiger partial charge >= 0.3 is 0 Å². The summed E-state index contributed by atoms with van der Waals surface area (Å²) >= 11 is 9.79. The van der Waals surface area contributed by atoms with Crippen LogP contribution in [0.5, 0.6) is 0 Å². The zero-order valence-corrected chi connectivity index (χ0v) is 16.7. The maximum Gasteiger partial charge on any atom is 0.200 e. The lowest BCUT2D eigenvalue weighted by Crippen LogP contribution is -2.19. The van der Waals surface area contributed by atoms with Gasteiger partial charge in [-0.05, 0) is 60.8 Å². The zero-order valence-electron chi connectivity index (χ0n) is 15.0. The van der Waals surface area contributed by atoms with Crippen molar-refractivity contribution in [2.45, 2.75) is 0 Å². The molecule has 0 atom stereocenters. The summed E-state index contributed by atoms with van der Waals surface area (Å²) in [4.78, 5) is 9.09. The SMILES string of the molecule is NC(=S)Nc1ccc(-n2cnc(-c3ccc4cccc(NC(N)=S)c4n3)n2)cc1. The fourth-order valence-electron chi connectivity index (χ4n) is 2.85. The van der Waals surface area contributed by atoms with E-state index in [-0.39, 0.29) is 10.2 Å². The van der Waals surface area contributed by atoms with Crippen LogP contribution in [0.25, 0.3) is 28.1 Å². The third-order valence-electron chi connectivity index (χ3n) is 4.10. The lowest BCUT2D eigenvalue weighted by Gasteiger charge is -2.08. The quantitative estimate of drug-likeness (QED) is 0.369. The van der Waals surface area contributed by atoms with Crippen LogP contribution in [0.4, 0.5) is 11.4 Å². The number of thiocarbonyl (C=S) groups is 2. The van der Waals surface area contributed by atoms with E-state index in [2.05, 4.69) is 20.7 Å². The summed E-state index contributed by atoms with van der Waals surface area (Å²) < 4.78 is 1.67. The van der Waals surface area contributed by atoms with Crippen LogP contribution in [0, 0.1) is 0 Å². The standard InChI is InChI=1S/C19H16N8S2/c20-18(28)23-12-5-7-13(8-6-12)27-10-22-17(26-27)15-9-4-11-2-1-3-14(16(11)24-15)25-19(21)29/h1-10H,(H3,20,23,28)(H3,21,25,29). The molecule has 0 saturated heterocycles. The molecule has 0 aliphatic rings. The first-order valence-electron chi connectivity index (χ1n) is 8.55. The van der Waals surface area contributed by atoms with Gasteiger partial charge in [-0.15, -0.1) is 5.10 Å². The monoisotopic (exact) mass is 420 g/mol. The Morgan fingerprint density at radius 2 is 1.66 bits per heavy atom. The first-order valence-corrected chi connectivity index (χ1v) is 9.36. The number of anilines is 2. The molecule has 0 unspecified atom stereocenters. The van der Waals surface area contributed by atoms with Gasteiger partial charge < -0.3 is 22.1 Å². The van der Waals surface area contributed by atoms with Gasteiger partial charge in [-0.25, -0.2) is 14.6 Å². The molecule has 29 heavy (non-hydrogen) atoms. The Labute approximate surface area is 177 Å². The molecule has 0 amide bonds. The summed E-state index contributed by atoms with van der Waals surface area (Å²) in [5.41, 5.74) is 14.9. The summed E-state index contributed by atoms with van der Waals surface area (Å²) in [5, 5.41) is 11.7. The molecular weight excluding hydrogens is 404 g/mol. The van der Waals surface area contributed by atoms with Crippen molar-refractivity contribution < 1.29 is 0 Å². The molecule has 2 heterocycles. The van der Waals surface area contributed by atoms with Crippen LogP contribution in [0.3, 0.4) is 0 Å². The van der Waals surface area contributed by atoms with Gasteiger partial charge in [0, 0.05) is 11.1 Å². The fourth-order valence-corrected chi connectivity index (χ4v) is 3.08. The molecule has 0 fully saturated rings. The van der Waals surface area contributed by atoms with Gasteiger partial charge in [-0.2, -0.15) is 0 Å². The van der Waals surface area contributed by atoms with Crippen molar-refractivity contribution in [2.24, 2.45) is 11.5 Å². The molecule has 10 heteroatoms. The molecular formula is C19H16N8S2. The van der Waals surface area contributed by atoms with Crippen LogP contribution in [-0.2, 0) is 0 Å². The highest BCUT2D eigenvalue weighted by Gasteiger charge is 2.10. The Bertz CT molecular complexity index is 1220. The highest BCUT2D eigenvalue weighted by atomic mass is 32.1. The van der Waals surface area contributed by atoms with E-state index in [1.54, 1.807) is 11.0 Å². The number of aromatic nitrogens is 4. The van der Waals surface area contributed by atoms with E-state index in [0.717, 1.165) is 28.0 Å². The molecule has 0 saturated carbocycles. The molecule has 144 valence electrons.